The number of amides is 3. The first-order valence-electron chi connectivity index (χ1n) is 6.84. The average Bonchev–Trinajstić information content (AvgIpc) is 2.46. The van der Waals surface area contributed by atoms with Crippen LogP contribution in [0.1, 0.15) is 36.0 Å². The Labute approximate surface area is 117 Å². The predicted octanol–water partition coefficient (Wildman–Crippen LogP) is 1.25. The van der Waals surface area contributed by atoms with E-state index in [-0.39, 0.29) is 23.6 Å². The van der Waals surface area contributed by atoms with Gasteiger partial charge in [-0.05, 0) is 31.4 Å². The SMILES string of the molecule is O=C1CCC(CCCNC(=O)c2ccccc2)C(=O)N1. The smallest absolute Gasteiger partial charge is 0.251 e. The van der Waals surface area contributed by atoms with E-state index in [0.29, 0.717) is 31.4 Å². The van der Waals surface area contributed by atoms with Gasteiger partial charge in [-0.1, -0.05) is 18.2 Å². The quantitative estimate of drug-likeness (QED) is 0.627. The molecule has 20 heavy (non-hydrogen) atoms. The summed E-state index contributed by atoms with van der Waals surface area (Å²) in [6.45, 7) is 0.533. The largest absolute Gasteiger partial charge is 0.352 e. The van der Waals surface area contributed by atoms with Gasteiger partial charge in [0.05, 0.1) is 0 Å². The van der Waals surface area contributed by atoms with E-state index in [1.807, 2.05) is 18.2 Å². The fourth-order valence-electron chi connectivity index (χ4n) is 2.26. The van der Waals surface area contributed by atoms with E-state index in [1.54, 1.807) is 12.1 Å². The molecule has 1 aliphatic heterocycles. The number of nitrogens with one attached hydrogen (secondary N) is 2. The highest BCUT2D eigenvalue weighted by Crippen LogP contribution is 2.17. The minimum absolute atomic E-state index is 0.103. The van der Waals surface area contributed by atoms with Gasteiger partial charge < -0.3 is 5.32 Å². The summed E-state index contributed by atoms with van der Waals surface area (Å²) in [5.41, 5.74) is 0.633. The normalized spacial score (nSPS) is 18.5. The number of hydrogen-bond donors (Lipinski definition) is 2. The van der Waals surface area contributed by atoms with Crippen LogP contribution in [0, 0.1) is 5.92 Å². The summed E-state index contributed by atoms with van der Waals surface area (Å²) >= 11 is 0. The number of piperidine rings is 1. The molecule has 0 aliphatic carbocycles. The van der Waals surface area contributed by atoms with Crippen molar-refractivity contribution in [1.29, 1.82) is 0 Å². The molecule has 3 amide bonds. The molecule has 5 heteroatoms. The molecular formula is C15H18N2O3. The molecule has 0 aromatic heterocycles. The third-order valence-corrected chi connectivity index (χ3v) is 3.40. The summed E-state index contributed by atoms with van der Waals surface area (Å²) in [6, 6.07) is 9.02. The maximum atomic E-state index is 11.8. The molecule has 0 spiro atoms. The molecule has 2 rings (SSSR count). The highest BCUT2D eigenvalue weighted by molar-refractivity contribution is 5.98. The van der Waals surface area contributed by atoms with E-state index < -0.39 is 0 Å². The Morgan fingerprint density at radius 1 is 1.25 bits per heavy atom. The number of rotatable bonds is 5. The first-order valence-corrected chi connectivity index (χ1v) is 6.84. The van der Waals surface area contributed by atoms with Crippen LogP contribution in [-0.4, -0.2) is 24.3 Å². The molecule has 5 nitrogen and oxygen atoms in total. The van der Waals surface area contributed by atoms with Crippen molar-refractivity contribution in [2.45, 2.75) is 25.7 Å². The van der Waals surface area contributed by atoms with Crippen molar-refractivity contribution in [3.05, 3.63) is 35.9 Å². The molecule has 1 aliphatic rings. The van der Waals surface area contributed by atoms with Crippen LogP contribution in [0.4, 0.5) is 0 Å². The summed E-state index contributed by atoms with van der Waals surface area (Å²) in [4.78, 5) is 34.3. The summed E-state index contributed by atoms with van der Waals surface area (Å²) in [5, 5.41) is 5.16. The van der Waals surface area contributed by atoms with Crippen molar-refractivity contribution in [2.75, 3.05) is 6.54 Å². The lowest BCUT2D eigenvalue weighted by Gasteiger charge is -2.20. The molecule has 0 bridgehead atoms. The van der Waals surface area contributed by atoms with Crippen LogP contribution < -0.4 is 10.6 Å². The Balaban J connectivity index is 1.68. The molecular weight excluding hydrogens is 256 g/mol. The summed E-state index contributed by atoms with van der Waals surface area (Å²) in [5.74, 6) is -0.588. The Morgan fingerprint density at radius 2 is 2.00 bits per heavy atom. The van der Waals surface area contributed by atoms with Gasteiger partial charge in [0.1, 0.15) is 0 Å². The number of hydrogen-bond acceptors (Lipinski definition) is 3. The van der Waals surface area contributed by atoms with Crippen LogP contribution in [0.5, 0.6) is 0 Å². The van der Waals surface area contributed by atoms with Crippen LogP contribution in [0.15, 0.2) is 30.3 Å². The minimum atomic E-state index is -0.191. The van der Waals surface area contributed by atoms with Crippen molar-refractivity contribution < 1.29 is 14.4 Å². The van der Waals surface area contributed by atoms with Crippen molar-refractivity contribution in [2.24, 2.45) is 5.92 Å². The van der Waals surface area contributed by atoms with Crippen LogP contribution in [0.2, 0.25) is 0 Å². The van der Waals surface area contributed by atoms with Crippen molar-refractivity contribution in [3.63, 3.8) is 0 Å². The van der Waals surface area contributed by atoms with Crippen LogP contribution in [-0.2, 0) is 9.59 Å². The monoisotopic (exact) mass is 274 g/mol. The second-order valence-electron chi connectivity index (χ2n) is 4.91. The molecule has 0 radical (unpaired) electrons. The van der Waals surface area contributed by atoms with Gasteiger partial charge in [0.25, 0.3) is 5.91 Å². The maximum Gasteiger partial charge on any atom is 0.251 e. The van der Waals surface area contributed by atoms with Gasteiger partial charge >= 0.3 is 0 Å². The van der Waals surface area contributed by atoms with Crippen molar-refractivity contribution in [1.82, 2.24) is 10.6 Å². The lowest BCUT2D eigenvalue weighted by atomic mass is 9.93. The van der Waals surface area contributed by atoms with E-state index in [1.165, 1.54) is 0 Å². The minimum Gasteiger partial charge on any atom is -0.352 e. The van der Waals surface area contributed by atoms with E-state index in [2.05, 4.69) is 10.6 Å². The maximum absolute atomic E-state index is 11.8. The van der Waals surface area contributed by atoms with E-state index in [0.717, 1.165) is 6.42 Å². The third-order valence-electron chi connectivity index (χ3n) is 3.40. The zero-order valence-corrected chi connectivity index (χ0v) is 11.2. The lowest BCUT2D eigenvalue weighted by Crippen LogP contribution is -2.40. The molecule has 1 fully saturated rings. The summed E-state index contributed by atoms with van der Waals surface area (Å²) in [7, 11) is 0. The van der Waals surface area contributed by atoms with Gasteiger partial charge in [0, 0.05) is 24.4 Å². The molecule has 0 saturated carbocycles. The second-order valence-corrected chi connectivity index (χ2v) is 4.91. The lowest BCUT2D eigenvalue weighted by molar-refractivity contribution is -0.136. The molecule has 106 valence electrons. The fourth-order valence-corrected chi connectivity index (χ4v) is 2.26. The number of imide groups is 1. The standard InChI is InChI=1S/C15H18N2O3/c18-13-9-8-12(15(20)17-13)7-4-10-16-14(19)11-5-2-1-3-6-11/h1-3,5-6,12H,4,7-10H2,(H,16,19)(H,17,18,20). The molecule has 1 saturated heterocycles. The third kappa shape index (κ3) is 3.91. The molecule has 1 atom stereocenters. The molecule has 1 heterocycles. The number of carbonyl (C=O) groups excluding carboxylic acids is 3. The Hall–Kier alpha value is -2.17. The zero-order chi connectivity index (χ0) is 14.4. The van der Waals surface area contributed by atoms with Crippen molar-refractivity contribution in [3.8, 4) is 0 Å². The molecule has 1 aromatic rings. The first-order chi connectivity index (χ1) is 9.66. The Bertz CT molecular complexity index is 499. The van der Waals surface area contributed by atoms with Gasteiger partial charge in [-0.25, -0.2) is 0 Å². The van der Waals surface area contributed by atoms with Gasteiger partial charge in [-0.2, -0.15) is 0 Å². The van der Waals surface area contributed by atoms with Gasteiger partial charge in [0.2, 0.25) is 11.8 Å². The zero-order valence-electron chi connectivity index (χ0n) is 11.2. The highest BCUT2D eigenvalue weighted by atomic mass is 16.2. The topological polar surface area (TPSA) is 75.3 Å². The van der Waals surface area contributed by atoms with Crippen LogP contribution >= 0.6 is 0 Å². The fraction of sp³-hybridized carbons (Fsp3) is 0.400. The average molecular weight is 274 g/mol. The van der Waals surface area contributed by atoms with Gasteiger partial charge in [-0.15, -0.1) is 0 Å². The first kappa shape index (κ1) is 14.2. The van der Waals surface area contributed by atoms with Crippen molar-refractivity contribution >= 4 is 17.7 Å². The highest BCUT2D eigenvalue weighted by Gasteiger charge is 2.25. The molecule has 2 N–H and O–H groups in total. The van der Waals surface area contributed by atoms with Crippen LogP contribution in [0.25, 0.3) is 0 Å². The van der Waals surface area contributed by atoms with Crippen LogP contribution in [0.3, 0.4) is 0 Å². The second kappa shape index (κ2) is 6.84. The number of benzene rings is 1. The van der Waals surface area contributed by atoms with E-state index in [4.69, 9.17) is 0 Å². The summed E-state index contributed by atoms with van der Waals surface area (Å²) in [6.07, 6.45) is 2.43. The molecule has 1 unspecified atom stereocenters. The molecule has 1 aromatic carbocycles. The van der Waals surface area contributed by atoms with E-state index in [9.17, 15) is 14.4 Å². The van der Waals surface area contributed by atoms with E-state index >= 15 is 0 Å². The van der Waals surface area contributed by atoms with Gasteiger partial charge in [-0.3, -0.25) is 19.7 Å². The Morgan fingerprint density at radius 3 is 2.70 bits per heavy atom. The predicted molar refractivity (Wildman–Crippen MR) is 73.9 cm³/mol. The Kier molecular flexibility index (Phi) is 4.87. The number of carbonyl (C=O) groups is 3. The summed E-state index contributed by atoms with van der Waals surface area (Å²) < 4.78 is 0. The van der Waals surface area contributed by atoms with Gasteiger partial charge in [0.15, 0.2) is 0 Å².